The van der Waals surface area contributed by atoms with Gasteiger partial charge in [-0.3, -0.25) is 9.59 Å². The van der Waals surface area contributed by atoms with Gasteiger partial charge >= 0.3 is 5.97 Å². The lowest BCUT2D eigenvalue weighted by Crippen LogP contribution is -2.55. The lowest BCUT2D eigenvalue weighted by molar-refractivity contribution is -0.170. The van der Waals surface area contributed by atoms with Crippen LogP contribution in [0.2, 0.25) is 0 Å². The van der Waals surface area contributed by atoms with Gasteiger partial charge in [-0.2, -0.15) is 0 Å². The molecular weight excluding hydrogens is 234 g/mol. The van der Waals surface area contributed by atoms with Gasteiger partial charge in [-0.1, -0.05) is 6.58 Å². The van der Waals surface area contributed by atoms with E-state index in [4.69, 9.17) is 5.11 Å². The van der Waals surface area contributed by atoms with Crippen molar-refractivity contribution in [1.82, 2.24) is 4.90 Å². The fourth-order valence-electron chi connectivity index (χ4n) is 3.07. The molecule has 1 aliphatic carbocycles. The quantitative estimate of drug-likeness (QED) is 0.723. The highest BCUT2D eigenvalue weighted by molar-refractivity contribution is 5.87. The van der Waals surface area contributed by atoms with Crippen LogP contribution in [0.5, 0.6) is 0 Å². The Kier molecular flexibility index (Phi) is 3.43. The van der Waals surface area contributed by atoms with Crippen LogP contribution in [-0.4, -0.2) is 45.7 Å². The number of aliphatic carboxylic acids is 1. The predicted molar refractivity (Wildman–Crippen MR) is 64.8 cm³/mol. The van der Waals surface area contributed by atoms with Crippen molar-refractivity contribution in [3.63, 3.8) is 0 Å². The van der Waals surface area contributed by atoms with Gasteiger partial charge in [-0.05, 0) is 37.7 Å². The Bertz CT molecular complexity index is 365. The molecular formula is C13H19NO4. The minimum absolute atomic E-state index is 0.0718. The zero-order valence-corrected chi connectivity index (χ0v) is 10.3. The molecule has 2 fully saturated rings. The summed E-state index contributed by atoms with van der Waals surface area (Å²) in [6, 6.07) is 0. The number of carboxylic acids is 1. The molecule has 2 aliphatic rings. The monoisotopic (exact) mass is 253 g/mol. The van der Waals surface area contributed by atoms with Crippen molar-refractivity contribution in [1.29, 1.82) is 0 Å². The van der Waals surface area contributed by atoms with Crippen molar-refractivity contribution < 1.29 is 19.8 Å². The summed E-state index contributed by atoms with van der Waals surface area (Å²) in [5, 5.41) is 19.2. The Morgan fingerprint density at radius 1 is 1.28 bits per heavy atom. The van der Waals surface area contributed by atoms with Crippen molar-refractivity contribution in [3.8, 4) is 0 Å². The first kappa shape index (κ1) is 13.1. The maximum atomic E-state index is 11.4. The van der Waals surface area contributed by atoms with Crippen molar-refractivity contribution in [2.45, 2.75) is 31.3 Å². The molecule has 5 heteroatoms. The molecule has 0 bridgehead atoms. The topological polar surface area (TPSA) is 77.8 Å². The van der Waals surface area contributed by atoms with E-state index in [0.717, 1.165) is 12.8 Å². The van der Waals surface area contributed by atoms with Crippen LogP contribution in [0.3, 0.4) is 0 Å². The number of aliphatic hydroxyl groups is 1. The van der Waals surface area contributed by atoms with Crippen LogP contribution in [0, 0.1) is 11.8 Å². The Balaban J connectivity index is 1.85. The lowest BCUT2D eigenvalue weighted by atomic mass is 9.62. The van der Waals surface area contributed by atoms with Gasteiger partial charge in [0.15, 0.2) is 0 Å². The van der Waals surface area contributed by atoms with Crippen molar-refractivity contribution in [3.05, 3.63) is 12.7 Å². The standard InChI is InChI=1S/C13H19NO4/c1-2-11(15)14-5-3-10(4-6-14)13(18)7-9(8-13)12(16)17/h2,9-10,18H,1,3-8H2,(H,16,17). The van der Waals surface area contributed by atoms with E-state index in [1.807, 2.05) is 0 Å². The molecule has 1 amide bonds. The third-order valence-corrected chi connectivity index (χ3v) is 4.29. The Morgan fingerprint density at radius 3 is 2.28 bits per heavy atom. The Hall–Kier alpha value is -1.36. The highest BCUT2D eigenvalue weighted by atomic mass is 16.4. The normalized spacial score (nSPS) is 32.7. The zero-order valence-electron chi connectivity index (χ0n) is 10.3. The number of likely N-dealkylation sites (tertiary alicyclic amines) is 1. The van der Waals surface area contributed by atoms with E-state index in [1.165, 1.54) is 6.08 Å². The van der Waals surface area contributed by atoms with Crippen molar-refractivity contribution in [2.75, 3.05) is 13.1 Å². The third kappa shape index (κ3) is 2.27. The molecule has 0 radical (unpaired) electrons. The SMILES string of the molecule is C=CC(=O)N1CCC(C2(O)CC(C(=O)O)C2)CC1. The summed E-state index contributed by atoms with van der Waals surface area (Å²) in [5.41, 5.74) is -0.827. The van der Waals surface area contributed by atoms with Crippen molar-refractivity contribution in [2.24, 2.45) is 11.8 Å². The number of hydrogen-bond acceptors (Lipinski definition) is 3. The summed E-state index contributed by atoms with van der Waals surface area (Å²) >= 11 is 0. The van der Waals surface area contributed by atoms with Crippen LogP contribution in [0.25, 0.3) is 0 Å². The van der Waals surface area contributed by atoms with E-state index in [1.54, 1.807) is 4.90 Å². The lowest BCUT2D eigenvalue weighted by Gasteiger charge is -2.49. The van der Waals surface area contributed by atoms with E-state index in [9.17, 15) is 14.7 Å². The molecule has 0 aromatic carbocycles. The molecule has 5 nitrogen and oxygen atoms in total. The molecule has 0 aromatic heterocycles. The first-order valence-electron chi connectivity index (χ1n) is 6.33. The molecule has 1 aliphatic heterocycles. The second kappa shape index (κ2) is 4.72. The highest BCUT2D eigenvalue weighted by Gasteiger charge is 2.51. The van der Waals surface area contributed by atoms with Crippen molar-refractivity contribution >= 4 is 11.9 Å². The molecule has 100 valence electrons. The molecule has 2 N–H and O–H groups in total. The maximum Gasteiger partial charge on any atom is 0.306 e. The van der Waals surface area contributed by atoms with Gasteiger partial charge in [0.1, 0.15) is 0 Å². The van der Waals surface area contributed by atoms with Gasteiger partial charge in [0.05, 0.1) is 11.5 Å². The number of nitrogens with zero attached hydrogens (tertiary/aromatic N) is 1. The fourth-order valence-corrected chi connectivity index (χ4v) is 3.07. The van der Waals surface area contributed by atoms with Gasteiger partial charge in [0, 0.05) is 13.1 Å². The zero-order chi connectivity index (χ0) is 13.3. The molecule has 0 aromatic rings. The summed E-state index contributed by atoms with van der Waals surface area (Å²) in [4.78, 5) is 23.9. The van der Waals surface area contributed by atoms with Gasteiger partial charge < -0.3 is 15.1 Å². The highest BCUT2D eigenvalue weighted by Crippen LogP contribution is 2.46. The number of hydrogen-bond donors (Lipinski definition) is 2. The minimum atomic E-state index is -0.827. The molecule has 18 heavy (non-hydrogen) atoms. The number of carbonyl (C=O) groups is 2. The molecule has 2 rings (SSSR count). The van der Waals surface area contributed by atoms with E-state index < -0.39 is 17.5 Å². The molecule has 0 spiro atoms. The summed E-state index contributed by atoms with van der Waals surface area (Å²) in [6.45, 7) is 4.70. The van der Waals surface area contributed by atoms with Crippen LogP contribution in [0.1, 0.15) is 25.7 Å². The molecule has 1 heterocycles. The van der Waals surface area contributed by atoms with Crippen LogP contribution in [0.15, 0.2) is 12.7 Å². The summed E-state index contributed by atoms with van der Waals surface area (Å²) in [6.07, 6.45) is 3.48. The summed E-state index contributed by atoms with van der Waals surface area (Å²) < 4.78 is 0. The van der Waals surface area contributed by atoms with E-state index in [2.05, 4.69) is 6.58 Å². The Morgan fingerprint density at radius 2 is 1.83 bits per heavy atom. The second-order valence-corrected chi connectivity index (χ2v) is 5.35. The number of carbonyl (C=O) groups excluding carboxylic acids is 1. The van der Waals surface area contributed by atoms with E-state index in [0.29, 0.717) is 25.9 Å². The van der Waals surface area contributed by atoms with Gasteiger partial charge in [-0.15, -0.1) is 0 Å². The summed E-state index contributed by atoms with van der Waals surface area (Å²) in [7, 11) is 0. The van der Waals surface area contributed by atoms with Gasteiger partial charge in [-0.25, -0.2) is 0 Å². The first-order chi connectivity index (χ1) is 8.46. The average Bonchev–Trinajstić information content (AvgIpc) is 2.34. The van der Waals surface area contributed by atoms with E-state index >= 15 is 0 Å². The Labute approximate surface area is 106 Å². The summed E-state index contributed by atoms with van der Waals surface area (Å²) in [5.74, 6) is -1.18. The van der Waals surface area contributed by atoms with E-state index in [-0.39, 0.29) is 11.8 Å². The van der Waals surface area contributed by atoms with Crippen LogP contribution in [0.4, 0.5) is 0 Å². The molecule has 0 atom stereocenters. The van der Waals surface area contributed by atoms with Gasteiger partial charge in [0.25, 0.3) is 0 Å². The fraction of sp³-hybridized carbons (Fsp3) is 0.692. The molecule has 0 unspecified atom stereocenters. The first-order valence-corrected chi connectivity index (χ1v) is 6.33. The molecule has 1 saturated carbocycles. The largest absolute Gasteiger partial charge is 0.481 e. The maximum absolute atomic E-state index is 11.4. The second-order valence-electron chi connectivity index (χ2n) is 5.35. The predicted octanol–water partition coefficient (Wildman–Crippen LogP) is 0.637. The minimum Gasteiger partial charge on any atom is -0.481 e. The third-order valence-electron chi connectivity index (χ3n) is 4.29. The number of carboxylic acid groups (broad SMARTS) is 1. The average molecular weight is 253 g/mol. The number of piperidine rings is 1. The molecule has 1 saturated heterocycles. The number of rotatable bonds is 3. The smallest absolute Gasteiger partial charge is 0.306 e. The van der Waals surface area contributed by atoms with Crippen LogP contribution >= 0.6 is 0 Å². The van der Waals surface area contributed by atoms with Gasteiger partial charge in [0.2, 0.25) is 5.91 Å². The number of amides is 1. The van der Waals surface area contributed by atoms with Crippen LogP contribution < -0.4 is 0 Å². The van der Waals surface area contributed by atoms with Crippen LogP contribution in [-0.2, 0) is 9.59 Å².